The number of halogens is 1. The predicted octanol–water partition coefficient (Wildman–Crippen LogP) is 1.78. The number of nitrogens with zero attached hydrogens (tertiary/aromatic N) is 2. The van der Waals surface area contributed by atoms with Crippen LogP contribution in [0.1, 0.15) is 11.3 Å². The summed E-state index contributed by atoms with van der Waals surface area (Å²) in [4.78, 5) is 16.4. The van der Waals surface area contributed by atoms with Crippen molar-refractivity contribution >= 4 is 17.2 Å². The van der Waals surface area contributed by atoms with Gasteiger partial charge in [0.15, 0.2) is 0 Å². The molecule has 2 aromatic heterocycles. The molecule has 0 atom stereocenters. The summed E-state index contributed by atoms with van der Waals surface area (Å²) < 4.78 is 1.55. The Hall–Kier alpha value is -1.35. The molecule has 0 aromatic carbocycles. The van der Waals surface area contributed by atoms with Crippen LogP contribution in [0.2, 0.25) is 0 Å². The van der Waals surface area contributed by atoms with Crippen LogP contribution in [0.5, 0.6) is 0 Å². The molecule has 0 aliphatic carbocycles. The first-order valence-electron chi connectivity index (χ1n) is 4.77. The third-order valence-corrected chi connectivity index (χ3v) is 2.57. The molecule has 0 fully saturated rings. The van der Waals surface area contributed by atoms with Crippen molar-refractivity contribution in [2.24, 2.45) is 0 Å². The summed E-state index contributed by atoms with van der Waals surface area (Å²) in [6.07, 6.45) is 2.29. The van der Waals surface area contributed by atoms with Crippen LogP contribution in [-0.4, -0.2) is 15.3 Å². The molecule has 0 aliphatic rings. The van der Waals surface area contributed by atoms with Crippen molar-refractivity contribution < 1.29 is 0 Å². The number of hydrogen-bond acceptors (Lipinski definition) is 2. The summed E-state index contributed by atoms with van der Waals surface area (Å²) in [6, 6.07) is 5.50. The van der Waals surface area contributed by atoms with Crippen LogP contribution in [0.3, 0.4) is 0 Å². The van der Waals surface area contributed by atoms with Gasteiger partial charge in [-0.25, -0.2) is 4.98 Å². The van der Waals surface area contributed by atoms with Gasteiger partial charge in [-0.15, -0.1) is 11.6 Å². The van der Waals surface area contributed by atoms with Gasteiger partial charge in [-0.3, -0.25) is 9.20 Å². The minimum atomic E-state index is -0.0150. The fraction of sp³-hybridized carbons (Fsp3) is 0.273. The van der Waals surface area contributed by atoms with Gasteiger partial charge < -0.3 is 0 Å². The van der Waals surface area contributed by atoms with Crippen LogP contribution in [0.25, 0.3) is 5.65 Å². The molecule has 2 heterocycles. The van der Waals surface area contributed by atoms with Gasteiger partial charge in [0.2, 0.25) is 0 Å². The fourth-order valence-corrected chi connectivity index (χ4v) is 1.81. The van der Waals surface area contributed by atoms with Crippen LogP contribution in [0.4, 0.5) is 0 Å². The largest absolute Gasteiger partial charge is 0.269 e. The molecular formula is C11H11ClN2O. The van der Waals surface area contributed by atoms with Gasteiger partial charge in [0.25, 0.3) is 5.56 Å². The van der Waals surface area contributed by atoms with Crippen molar-refractivity contribution in [3.63, 3.8) is 0 Å². The van der Waals surface area contributed by atoms with Crippen LogP contribution in [0.15, 0.2) is 29.2 Å². The highest BCUT2D eigenvalue weighted by molar-refractivity contribution is 6.17. The zero-order chi connectivity index (χ0) is 10.8. The molecule has 0 bridgehead atoms. The molecule has 0 aliphatic heterocycles. The Kier molecular flexibility index (Phi) is 2.73. The summed E-state index contributed by atoms with van der Waals surface area (Å²) in [7, 11) is 0. The van der Waals surface area contributed by atoms with Crippen LogP contribution in [0, 0.1) is 6.92 Å². The molecule has 0 saturated heterocycles. The molecule has 3 nitrogen and oxygen atoms in total. The first-order valence-corrected chi connectivity index (χ1v) is 5.30. The minimum absolute atomic E-state index is 0.0150. The van der Waals surface area contributed by atoms with Crippen molar-refractivity contribution in [3.8, 4) is 0 Å². The van der Waals surface area contributed by atoms with Crippen molar-refractivity contribution in [2.45, 2.75) is 13.3 Å². The Bertz CT molecular complexity index is 548. The lowest BCUT2D eigenvalue weighted by atomic mass is 10.2. The summed E-state index contributed by atoms with van der Waals surface area (Å²) in [5, 5.41) is 0. The lowest BCUT2D eigenvalue weighted by Gasteiger charge is -2.05. The standard InChI is InChI=1S/C11H11ClN2O/c1-8-9(5-6-12)11(15)14-7-3-2-4-10(14)13-8/h2-4,7H,5-6H2,1H3. The molecule has 78 valence electrons. The Labute approximate surface area is 92.3 Å². The van der Waals surface area contributed by atoms with Crippen LogP contribution in [-0.2, 0) is 6.42 Å². The maximum atomic E-state index is 12.0. The van der Waals surface area contributed by atoms with Crippen molar-refractivity contribution in [2.75, 3.05) is 5.88 Å². The Morgan fingerprint density at radius 2 is 2.27 bits per heavy atom. The van der Waals surface area contributed by atoms with Crippen LogP contribution >= 0.6 is 11.6 Å². The maximum absolute atomic E-state index is 12.0. The molecule has 2 aromatic rings. The minimum Gasteiger partial charge on any atom is -0.269 e. The van der Waals surface area contributed by atoms with Crippen LogP contribution < -0.4 is 5.56 Å². The first kappa shape index (κ1) is 10.2. The van der Waals surface area contributed by atoms with Gasteiger partial charge >= 0.3 is 0 Å². The summed E-state index contributed by atoms with van der Waals surface area (Å²) in [5.41, 5.74) is 2.14. The zero-order valence-electron chi connectivity index (χ0n) is 8.40. The Morgan fingerprint density at radius 3 is 3.00 bits per heavy atom. The van der Waals surface area contributed by atoms with E-state index in [-0.39, 0.29) is 5.56 Å². The van der Waals surface area contributed by atoms with Crippen molar-refractivity contribution in [3.05, 3.63) is 46.0 Å². The SMILES string of the molecule is Cc1nc2ccccn2c(=O)c1CCCl. The smallest absolute Gasteiger partial charge is 0.261 e. The van der Waals surface area contributed by atoms with E-state index in [0.717, 1.165) is 5.69 Å². The lowest BCUT2D eigenvalue weighted by Crippen LogP contribution is -2.21. The van der Waals surface area contributed by atoms with E-state index >= 15 is 0 Å². The highest BCUT2D eigenvalue weighted by Crippen LogP contribution is 2.04. The maximum Gasteiger partial charge on any atom is 0.261 e. The number of aromatic nitrogens is 2. The number of rotatable bonds is 2. The average Bonchev–Trinajstić information content (AvgIpc) is 2.24. The quantitative estimate of drug-likeness (QED) is 0.726. The number of fused-ring (bicyclic) bond motifs is 1. The fourth-order valence-electron chi connectivity index (χ4n) is 1.62. The van der Waals surface area contributed by atoms with Gasteiger partial charge in [0, 0.05) is 23.3 Å². The van der Waals surface area contributed by atoms with Gasteiger partial charge in [-0.2, -0.15) is 0 Å². The van der Waals surface area contributed by atoms with E-state index in [1.807, 2.05) is 25.1 Å². The molecule has 0 spiro atoms. The predicted molar refractivity (Wildman–Crippen MR) is 60.6 cm³/mol. The molecule has 2 rings (SSSR count). The number of pyridine rings is 1. The van der Waals surface area contributed by atoms with E-state index in [1.54, 1.807) is 10.6 Å². The van der Waals surface area contributed by atoms with Gasteiger partial charge in [0.05, 0.1) is 0 Å². The van der Waals surface area contributed by atoms with E-state index in [9.17, 15) is 4.79 Å². The normalized spacial score (nSPS) is 10.8. The Balaban J connectivity index is 2.78. The van der Waals surface area contributed by atoms with Gasteiger partial charge in [-0.05, 0) is 25.5 Å². The van der Waals surface area contributed by atoms with E-state index in [2.05, 4.69) is 4.98 Å². The molecule has 15 heavy (non-hydrogen) atoms. The average molecular weight is 223 g/mol. The highest BCUT2D eigenvalue weighted by atomic mass is 35.5. The number of hydrogen-bond donors (Lipinski definition) is 0. The monoisotopic (exact) mass is 222 g/mol. The van der Waals surface area contributed by atoms with E-state index < -0.39 is 0 Å². The second kappa shape index (κ2) is 4.03. The zero-order valence-corrected chi connectivity index (χ0v) is 9.16. The first-order chi connectivity index (χ1) is 7.24. The van der Waals surface area contributed by atoms with Gasteiger partial charge in [0.1, 0.15) is 5.65 Å². The third kappa shape index (κ3) is 1.75. The Morgan fingerprint density at radius 1 is 1.47 bits per heavy atom. The summed E-state index contributed by atoms with van der Waals surface area (Å²) >= 11 is 5.66. The summed E-state index contributed by atoms with van der Waals surface area (Å²) in [6.45, 7) is 1.84. The topological polar surface area (TPSA) is 34.4 Å². The van der Waals surface area contributed by atoms with Crippen molar-refractivity contribution in [1.29, 1.82) is 0 Å². The number of aryl methyl sites for hydroxylation is 1. The molecular weight excluding hydrogens is 212 g/mol. The molecule has 4 heteroatoms. The molecule has 0 unspecified atom stereocenters. The highest BCUT2D eigenvalue weighted by Gasteiger charge is 2.07. The van der Waals surface area contributed by atoms with Crippen molar-refractivity contribution in [1.82, 2.24) is 9.38 Å². The second-order valence-corrected chi connectivity index (χ2v) is 3.73. The van der Waals surface area contributed by atoms with Gasteiger partial charge in [-0.1, -0.05) is 6.07 Å². The lowest BCUT2D eigenvalue weighted by molar-refractivity contribution is 0.939. The van der Waals surface area contributed by atoms with E-state index in [4.69, 9.17) is 11.6 Å². The van der Waals surface area contributed by atoms with E-state index in [1.165, 1.54) is 0 Å². The molecule has 0 radical (unpaired) electrons. The van der Waals surface area contributed by atoms with E-state index in [0.29, 0.717) is 23.5 Å². The molecule has 0 saturated carbocycles. The molecule has 0 amide bonds. The number of alkyl halides is 1. The summed E-state index contributed by atoms with van der Waals surface area (Å²) in [5.74, 6) is 0.441. The third-order valence-electron chi connectivity index (χ3n) is 2.38. The molecule has 0 N–H and O–H groups in total. The second-order valence-electron chi connectivity index (χ2n) is 3.35.